The van der Waals surface area contributed by atoms with Crippen LogP contribution < -0.4 is 0 Å². The topological polar surface area (TPSA) is 155 Å². The van der Waals surface area contributed by atoms with Crippen molar-refractivity contribution in [3.8, 4) is 157 Å². The zero-order chi connectivity index (χ0) is 78.2. The first-order valence-electron chi connectivity index (χ1n) is 39.1. The van der Waals surface area contributed by atoms with Crippen molar-refractivity contribution in [3.05, 3.63) is 401 Å². The summed E-state index contributed by atoms with van der Waals surface area (Å²) in [6.07, 6.45) is 5.10. The third-order valence-corrected chi connectivity index (χ3v) is 21.8. The van der Waals surface area contributed by atoms with Crippen LogP contribution in [0.3, 0.4) is 0 Å². The van der Waals surface area contributed by atoms with Gasteiger partial charge in [0.1, 0.15) is 40.6 Å². The number of aromatic nitrogens is 10. The molecule has 0 spiro atoms. The Balaban J connectivity index is 0.000000147. The quantitative estimate of drug-likeness (QED) is 0.102. The van der Waals surface area contributed by atoms with Crippen LogP contribution in [0.5, 0.6) is 0 Å². The van der Waals surface area contributed by atoms with E-state index in [9.17, 15) is 0 Å². The minimum Gasteiger partial charge on any atom is -0.455 e. The van der Waals surface area contributed by atoms with E-state index in [4.69, 9.17) is 43.7 Å². The first kappa shape index (κ1) is 69.7. The molecule has 0 N–H and O–H groups in total. The zero-order valence-corrected chi connectivity index (χ0v) is 63.4. The van der Waals surface area contributed by atoms with Gasteiger partial charge in [0.2, 0.25) is 0 Å². The minimum atomic E-state index is 0.618. The fourth-order valence-electron chi connectivity index (χ4n) is 15.8. The standard InChI is InChI=1S/2C53H33N5O/c1-3-11-34(12-4-1)35-25-27-40(28-26-35)52-56-51(39-14-5-2-6-15-39)57-53(58-52)44-19-10-17-42(32-44)37-23-21-36(22-24-37)41-16-9-18-43(31-41)48-50-49(55-33-54-48)47-45-20-8-7-13-38(45)29-30-46(47)59-50;1-3-11-34(12-4-1)35-25-27-39(28-26-35)52-56-51(38-13-5-2-6-14-38)57-53(58-52)43-18-10-16-41(30-43)37-23-21-36(22-24-37)40-15-9-17-42(29-40)46-31-44-32-54-33-55-49(44)48-45-19-7-8-20-47(45)59-50(46)48/h2*1-33H. The van der Waals surface area contributed by atoms with E-state index in [1.54, 1.807) is 12.7 Å². The van der Waals surface area contributed by atoms with Gasteiger partial charge in [0.15, 0.2) is 40.5 Å². The SMILES string of the molecule is c1ccc(-c2ccc(-c3nc(-c4ccccc4)nc(-c4cccc(-c5ccc(-c6cccc(-c7cc8cncnc8c8c7oc7ccccc78)c6)cc5)c4)n3)cc2)cc1.c1ccc(-c2ccc(-c3nc(-c4ccccc4)nc(-c4cccc(-c5ccc(-c6cccc(-c7ncnc8c7oc7ccc9ccccc9c78)c6)cc5)c4)n3)cc2)cc1. The number of fused-ring (bicyclic) bond motifs is 10. The lowest BCUT2D eigenvalue weighted by Crippen LogP contribution is -2.00. The van der Waals surface area contributed by atoms with Crippen molar-refractivity contribution in [2.24, 2.45) is 0 Å². The Morgan fingerprint density at radius 1 is 0.195 bits per heavy atom. The van der Waals surface area contributed by atoms with Gasteiger partial charge in [-0.25, -0.2) is 49.8 Å². The first-order valence-corrected chi connectivity index (χ1v) is 39.1. The van der Waals surface area contributed by atoms with Crippen LogP contribution in [0, 0.1) is 0 Å². The fourth-order valence-corrected chi connectivity index (χ4v) is 15.8. The van der Waals surface area contributed by atoms with Crippen LogP contribution >= 0.6 is 0 Å². The number of rotatable bonds is 14. The van der Waals surface area contributed by atoms with Gasteiger partial charge < -0.3 is 8.83 Å². The molecule has 0 saturated heterocycles. The maximum Gasteiger partial charge on any atom is 0.180 e. The van der Waals surface area contributed by atoms with E-state index in [0.717, 1.165) is 171 Å². The van der Waals surface area contributed by atoms with Gasteiger partial charge in [-0.2, -0.15) is 0 Å². The summed E-state index contributed by atoms with van der Waals surface area (Å²) in [6, 6.07) is 132. The van der Waals surface area contributed by atoms with Crippen molar-refractivity contribution >= 4 is 65.7 Å². The van der Waals surface area contributed by atoms with Gasteiger partial charge in [-0.15, -0.1) is 0 Å². The summed E-state index contributed by atoms with van der Waals surface area (Å²) in [6.45, 7) is 0. The molecule has 22 rings (SSSR count). The monoisotopic (exact) mass is 1510 g/mol. The second-order valence-corrected chi connectivity index (χ2v) is 29.1. The fraction of sp³-hybridized carbons (Fsp3) is 0. The molecular weight excluding hydrogens is 1450 g/mol. The van der Waals surface area contributed by atoms with E-state index in [1.807, 2.05) is 115 Å². The number of benzene rings is 16. The predicted molar refractivity (Wildman–Crippen MR) is 477 cm³/mol. The van der Waals surface area contributed by atoms with E-state index >= 15 is 0 Å². The van der Waals surface area contributed by atoms with Crippen LogP contribution in [0.2, 0.25) is 0 Å². The molecule has 12 heteroatoms. The Bertz CT molecular complexity index is 7510. The van der Waals surface area contributed by atoms with E-state index in [-0.39, 0.29) is 0 Å². The number of hydrogen-bond donors (Lipinski definition) is 0. The molecule has 6 heterocycles. The molecule has 0 unspecified atom stereocenters. The van der Waals surface area contributed by atoms with Crippen molar-refractivity contribution in [2.75, 3.05) is 0 Å². The molecule has 118 heavy (non-hydrogen) atoms. The third-order valence-electron chi connectivity index (χ3n) is 21.8. The lowest BCUT2D eigenvalue weighted by atomic mass is 9.95. The average Bonchev–Trinajstić information content (AvgIpc) is 1.59. The van der Waals surface area contributed by atoms with E-state index < -0.39 is 0 Å². The average molecular weight is 1510 g/mol. The van der Waals surface area contributed by atoms with Gasteiger partial charge in [-0.1, -0.05) is 340 Å². The number of nitrogens with zero attached hydrogens (tertiary/aromatic N) is 10. The van der Waals surface area contributed by atoms with Crippen LogP contribution in [-0.2, 0) is 0 Å². The molecule has 0 aliphatic carbocycles. The van der Waals surface area contributed by atoms with E-state index in [1.165, 1.54) is 11.1 Å². The lowest BCUT2D eigenvalue weighted by Gasteiger charge is -2.11. The van der Waals surface area contributed by atoms with Crippen LogP contribution in [0.4, 0.5) is 0 Å². The Hall–Kier alpha value is -16.2. The summed E-state index contributed by atoms with van der Waals surface area (Å²) in [7, 11) is 0. The first-order chi connectivity index (χ1) is 58.4. The zero-order valence-electron chi connectivity index (χ0n) is 63.4. The van der Waals surface area contributed by atoms with E-state index in [0.29, 0.717) is 40.5 Å². The van der Waals surface area contributed by atoms with Crippen molar-refractivity contribution in [1.82, 2.24) is 49.8 Å². The minimum absolute atomic E-state index is 0.618. The van der Waals surface area contributed by atoms with Crippen LogP contribution in [-0.4, -0.2) is 49.8 Å². The second-order valence-electron chi connectivity index (χ2n) is 29.1. The Morgan fingerprint density at radius 3 is 1.04 bits per heavy atom. The summed E-state index contributed by atoms with van der Waals surface area (Å²) in [4.78, 5) is 48.3. The van der Waals surface area contributed by atoms with Crippen molar-refractivity contribution < 1.29 is 8.83 Å². The highest BCUT2D eigenvalue weighted by atomic mass is 16.3. The van der Waals surface area contributed by atoms with E-state index in [2.05, 4.69) is 288 Å². The lowest BCUT2D eigenvalue weighted by molar-refractivity contribution is 0.667. The molecule has 16 aromatic carbocycles. The summed E-state index contributed by atoms with van der Waals surface area (Å²) >= 11 is 0. The summed E-state index contributed by atoms with van der Waals surface area (Å²) in [5.74, 6) is 3.76. The molecule has 0 radical (unpaired) electrons. The van der Waals surface area contributed by atoms with Crippen LogP contribution in [0.15, 0.2) is 410 Å². The van der Waals surface area contributed by atoms with Gasteiger partial charge in [0.05, 0.1) is 16.3 Å². The highest BCUT2D eigenvalue weighted by Gasteiger charge is 2.22. The highest BCUT2D eigenvalue weighted by Crippen LogP contribution is 2.43. The molecule has 552 valence electrons. The molecule has 0 atom stereocenters. The van der Waals surface area contributed by atoms with Crippen molar-refractivity contribution in [3.63, 3.8) is 0 Å². The summed E-state index contributed by atoms with van der Waals surface area (Å²) in [5.41, 5.74) is 27.6. The molecule has 0 bridgehead atoms. The molecule has 0 aliphatic heterocycles. The molecule has 12 nitrogen and oxygen atoms in total. The Kier molecular flexibility index (Phi) is 18.0. The Morgan fingerprint density at radius 2 is 0.542 bits per heavy atom. The maximum atomic E-state index is 6.50. The van der Waals surface area contributed by atoms with Gasteiger partial charge in [0, 0.05) is 61.5 Å². The molecular formula is C106H66N10O2. The number of para-hydroxylation sites is 1. The summed E-state index contributed by atoms with van der Waals surface area (Å²) < 4.78 is 12.9. The molecule has 0 aliphatic rings. The van der Waals surface area contributed by atoms with Crippen LogP contribution in [0.25, 0.3) is 223 Å². The molecule has 0 amide bonds. The van der Waals surface area contributed by atoms with Crippen molar-refractivity contribution in [1.29, 1.82) is 0 Å². The molecule has 0 fully saturated rings. The van der Waals surface area contributed by atoms with Crippen LogP contribution in [0.1, 0.15) is 0 Å². The molecule has 22 aromatic rings. The van der Waals surface area contributed by atoms with Gasteiger partial charge >= 0.3 is 0 Å². The largest absolute Gasteiger partial charge is 0.455 e. The number of hydrogen-bond acceptors (Lipinski definition) is 12. The highest BCUT2D eigenvalue weighted by molar-refractivity contribution is 6.22. The third kappa shape index (κ3) is 13.6. The van der Waals surface area contributed by atoms with Gasteiger partial charge in [-0.05, 0) is 126 Å². The van der Waals surface area contributed by atoms with Crippen molar-refractivity contribution in [2.45, 2.75) is 0 Å². The molecule has 0 saturated carbocycles. The smallest absolute Gasteiger partial charge is 0.180 e. The van der Waals surface area contributed by atoms with Gasteiger partial charge in [-0.3, -0.25) is 0 Å². The second kappa shape index (κ2) is 30.4. The number of furan rings is 2. The predicted octanol–water partition coefficient (Wildman–Crippen LogP) is 26.8. The maximum absolute atomic E-state index is 6.50. The van der Waals surface area contributed by atoms with Gasteiger partial charge in [0.25, 0.3) is 0 Å². The normalized spacial score (nSPS) is 11.4. The Labute approximate surface area is 678 Å². The summed E-state index contributed by atoms with van der Waals surface area (Å²) in [5, 5.41) is 6.31. The molecule has 6 aromatic heterocycles.